The molecule has 1 heterocycles. The quantitative estimate of drug-likeness (QED) is 0.878. The molecule has 1 fully saturated rings. The Morgan fingerprint density at radius 2 is 2.39 bits per heavy atom. The van der Waals surface area contributed by atoms with Crippen LogP contribution < -0.4 is 10.1 Å². The summed E-state index contributed by atoms with van der Waals surface area (Å²) in [7, 11) is 0. The van der Waals surface area contributed by atoms with E-state index in [-0.39, 0.29) is 18.3 Å². The molecule has 0 saturated carbocycles. The normalized spacial score (nSPS) is 14.4. The van der Waals surface area contributed by atoms with E-state index in [1.807, 2.05) is 0 Å². The summed E-state index contributed by atoms with van der Waals surface area (Å²) in [6, 6.07) is 5.83. The Labute approximate surface area is 103 Å². The Bertz CT molecular complexity index is 495. The molecule has 1 aromatic carbocycles. The van der Waals surface area contributed by atoms with E-state index in [4.69, 9.17) is 14.7 Å². The summed E-state index contributed by atoms with van der Waals surface area (Å²) in [5, 5.41) is 10.7. The van der Waals surface area contributed by atoms with E-state index in [0.717, 1.165) is 6.07 Å². The van der Waals surface area contributed by atoms with Crippen molar-refractivity contribution in [1.29, 1.82) is 5.26 Å². The summed E-state index contributed by atoms with van der Waals surface area (Å²) in [5.74, 6) is -0.906. The molecule has 1 amide bonds. The van der Waals surface area contributed by atoms with Gasteiger partial charge in [-0.2, -0.15) is 5.26 Å². The molecule has 94 valence electrons. The molecule has 2 rings (SSSR count). The van der Waals surface area contributed by atoms with Crippen molar-refractivity contribution in [3.63, 3.8) is 0 Å². The fraction of sp³-hybridized carbons (Fsp3) is 0.333. The number of nitrogens with one attached hydrogen (secondary N) is 1. The van der Waals surface area contributed by atoms with Gasteiger partial charge in [-0.1, -0.05) is 0 Å². The number of rotatable bonds is 4. The van der Waals surface area contributed by atoms with Crippen molar-refractivity contribution in [3.05, 3.63) is 24.0 Å². The lowest BCUT2D eigenvalue weighted by Gasteiger charge is -2.26. The van der Waals surface area contributed by atoms with E-state index in [1.54, 1.807) is 6.07 Å². The average molecular weight is 250 g/mol. The highest BCUT2D eigenvalue weighted by atomic mass is 19.1. The van der Waals surface area contributed by atoms with Crippen LogP contribution in [0.5, 0.6) is 5.75 Å². The van der Waals surface area contributed by atoms with Crippen LogP contribution in [0, 0.1) is 17.1 Å². The Morgan fingerprint density at radius 3 is 2.94 bits per heavy atom. The summed E-state index contributed by atoms with van der Waals surface area (Å²) in [5.41, 5.74) is 0.296. The van der Waals surface area contributed by atoms with E-state index >= 15 is 0 Å². The minimum absolute atomic E-state index is 0.112. The molecule has 0 radical (unpaired) electrons. The number of nitriles is 1. The van der Waals surface area contributed by atoms with E-state index in [2.05, 4.69) is 5.32 Å². The lowest BCUT2D eigenvalue weighted by molar-refractivity contribution is -0.115. The fourth-order valence-corrected chi connectivity index (χ4v) is 1.41. The molecule has 0 bridgehead atoms. The number of ether oxygens (including phenoxy) is 2. The Hall–Kier alpha value is -2.13. The zero-order valence-corrected chi connectivity index (χ0v) is 9.48. The molecule has 0 unspecified atom stereocenters. The number of hydrogen-bond acceptors (Lipinski definition) is 4. The van der Waals surface area contributed by atoms with Gasteiger partial charge >= 0.3 is 0 Å². The van der Waals surface area contributed by atoms with E-state index in [9.17, 15) is 9.18 Å². The molecule has 0 spiro atoms. The summed E-state index contributed by atoms with van der Waals surface area (Å²) >= 11 is 0. The van der Waals surface area contributed by atoms with Crippen LogP contribution in [0.3, 0.4) is 0 Å². The number of amides is 1. The molecular weight excluding hydrogens is 239 g/mol. The van der Waals surface area contributed by atoms with E-state index < -0.39 is 11.7 Å². The first-order valence-electron chi connectivity index (χ1n) is 5.40. The first-order chi connectivity index (χ1) is 8.69. The Balaban J connectivity index is 2.00. The molecule has 1 aliphatic rings. The van der Waals surface area contributed by atoms with Gasteiger partial charge in [-0.15, -0.1) is 0 Å². The second-order valence-electron chi connectivity index (χ2n) is 3.81. The third-order valence-electron chi connectivity index (χ3n) is 2.36. The second-order valence-corrected chi connectivity index (χ2v) is 3.81. The van der Waals surface area contributed by atoms with Crippen LogP contribution in [0.4, 0.5) is 10.1 Å². The number of halogens is 1. The molecule has 0 atom stereocenters. The van der Waals surface area contributed by atoms with Crippen LogP contribution in [-0.2, 0) is 9.53 Å². The van der Waals surface area contributed by atoms with Crippen LogP contribution in [0.25, 0.3) is 0 Å². The first-order valence-corrected chi connectivity index (χ1v) is 5.40. The van der Waals surface area contributed by atoms with E-state index in [0.29, 0.717) is 18.9 Å². The van der Waals surface area contributed by atoms with Crippen molar-refractivity contribution in [1.82, 2.24) is 0 Å². The number of benzene rings is 1. The lowest BCUT2D eigenvalue weighted by atomic mass is 10.2. The van der Waals surface area contributed by atoms with Crippen molar-refractivity contribution < 1.29 is 18.7 Å². The third-order valence-corrected chi connectivity index (χ3v) is 2.36. The molecule has 1 aromatic rings. The van der Waals surface area contributed by atoms with Gasteiger partial charge in [0.25, 0.3) is 0 Å². The number of anilines is 1. The Morgan fingerprint density at radius 1 is 1.61 bits per heavy atom. The second kappa shape index (κ2) is 5.47. The number of carbonyl (C=O) groups is 1. The van der Waals surface area contributed by atoms with Gasteiger partial charge in [0.05, 0.1) is 19.3 Å². The minimum atomic E-state index is -0.559. The van der Waals surface area contributed by atoms with Crippen molar-refractivity contribution >= 4 is 11.6 Å². The maximum absolute atomic E-state index is 13.6. The summed E-state index contributed by atoms with van der Waals surface area (Å²) in [6.45, 7) is 0.917. The molecule has 1 N–H and O–H groups in total. The van der Waals surface area contributed by atoms with Gasteiger partial charge in [0.15, 0.2) is 11.6 Å². The highest BCUT2D eigenvalue weighted by molar-refractivity contribution is 5.92. The highest BCUT2D eigenvalue weighted by Gasteiger charge is 2.21. The number of nitrogens with zero attached hydrogens (tertiary/aromatic N) is 1. The topological polar surface area (TPSA) is 71.4 Å². The summed E-state index contributed by atoms with van der Waals surface area (Å²) in [6.07, 6.45) is -0.377. The van der Waals surface area contributed by atoms with Crippen LogP contribution in [0.15, 0.2) is 18.2 Å². The highest BCUT2D eigenvalue weighted by Crippen LogP contribution is 2.23. The molecule has 0 aromatic heterocycles. The summed E-state index contributed by atoms with van der Waals surface area (Å²) < 4.78 is 23.9. The third kappa shape index (κ3) is 2.96. The van der Waals surface area contributed by atoms with Crippen LogP contribution in [-0.4, -0.2) is 25.2 Å². The maximum Gasteiger partial charge on any atom is 0.238 e. The largest absolute Gasteiger partial charge is 0.483 e. The van der Waals surface area contributed by atoms with Crippen LogP contribution >= 0.6 is 0 Å². The van der Waals surface area contributed by atoms with Crippen LogP contribution in [0.2, 0.25) is 0 Å². The molecule has 1 aliphatic heterocycles. The van der Waals surface area contributed by atoms with Gasteiger partial charge in [-0.3, -0.25) is 4.79 Å². The van der Waals surface area contributed by atoms with Crippen LogP contribution in [0.1, 0.15) is 6.42 Å². The molecule has 0 aliphatic carbocycles. The maximum atomic E-state index is 13.6. The van der Waals surface area contributed by atoms with Gasteiger partial charge < -0.3 is 14.8 Å². The summed E-state index contributed by atoms with van der Waals surface area (Å²) in [4.78, 5) is 11.1. The number of carbonyl (C=O) groups excluding carboxylic acids is 1. The van der Waals surface area contributed by atoms with Gasteiger partial charge in [0.2, 0.25) is 5.91 Å². The first kappa shape index (κ1) is 12.3. The zero-order valence-electron chi connectivity index (χ0n) is 9.48. The predicted octanol–water partition coefficient (Wildman–Crippen LogP) is 1.46. The molecule has 5 nitrogen and oxygen atoms in total. The number of hydrogen-bond donors (Lipinski definition) is 1. The van der Waals surface area contributed by atoms with Crippen molar-refractivity contribution in [3.8, 4) is 11.8 Å². The lowest BCUT2D eigenvalue weighted by Crippen LogP contribution is -2.38. The SMILES string of the molecule is N#CCC(=O)Nc1ccc(OC2COC2)c(F)c1. The predicted molar refractivity (Wildman–Crippen MR) is 60.5 cm³/mol. The zero-order chi connectivity index (χ0) is 13.0. The van der Waals surface area contributed by atoms with Gasteiger partial charge in [0, 0.05) is 11.8 Å². The molecule has 6 heteroatoms. The molecular formula is C12H11FN2O3. The van der Waals surface area contributed by atoms with E-state index in [1.165, 1.54) is 12.1 Å². The van der Waals surface area contributed by atoms with Gasteiger partial charge in [-0.05, 0) is 12.1 Å². The van der Waals surface area contributed by atoms with Gasteiger partial charge in [-0.25, -0.2) is 4.39 Å². The fourth-order valence-electron chi connectivity index (χ4n) is 1.41. The average Bonchev–Trinajstić information content (AvgIpc) is 2.26. The van der Waals surface area contributed by atoms with Crippen molar-refractivity contribution in [2.75, 3.05) is 18.5 Å². The molecule has 18 heavy (non-hydrogen) atoms. The smallest absolute Gasteiger partial charge is 0.238 e. The molecule has 1 saturated heterocycles. The standard InChI is InChI=1S/C12H11FN2O3/c13-10-5-8(15-12(16)3-4-14)1-2-11(10)18-9-6-17-7-9/h1-2,5,9H,3,6-7H2,(H,15,16). The van der Waals surface area contributed by atoms with Crippen molar-refractivity contribution in [2.24, 2.45) is 0 Å². The monoisotopic (exact) mass is 250 g/mol. The minimum Gasteiger partial charge on any atom is -0.483 e. The van der Waals surface area contributed by atoms with Gasteiger partial charge in [0.1, 0.15) is 12.5 Å². The Kier molecular flexibility index (Phi) is 3.75. The van der Waals surface area contributed by atoms with Crippen molar-refractivity contribution in [2.45, 2.75) is 12.5 Å².